The number of benzene rings is 1. The molecule has 1 aromatic carbocycles. The van der Waals surface area contributed by atoms with Crippen LogP contribution in [-0.4, -0.2) is 51.4 Å². The van der Waals surface area contributed by atoms with Crippen LogP contribution >= 0.6 is 11.8 Å². The summed E-state index contributed by atoms with van der Waals surface area (Å²) in [6.07, 6.45) is 4.48. The zero-order valence-corrected chi connectivity index (χ0v) is 16.8. The first-order valence-corrected chi connectivity index (χ1v) is 10.2. The van der Waals surface area contributed by atoms with Crippen molar-refractivity contribution in [2.45, 2.75) is 43.8 Å². The van der Waals surface area contributed by atoms with Gasteiger partial charge in [-0.1, -0.05) is 30.7 Å². The number of aromatic nitrogens is 4. The van der Waals surface area contributed by atoms with Gasteiger partial charge in [0.2, 0.25) is 17.0 Å². The lowest BCUT2D eigenvalue weighted by molar-refractivity contribution is -0.122. The molecule has 9 nitrogen and oxygen atoms in total. The summed E-state index contributed by atoms with van der Waals surface area (Å²) in [6.45, 7) is 1.80. The maximum absolute atomic E-state index is 12.1. The van der Waals surface area contributed by atoms with E-state index >= 15 is 0 Å². The Labute approximate surface area is 167 Å². The third kappa shape index (κ3) is 5.22. The minimum Gasteiger partial charge on any atom is -0.495 e. The molecule has 0 saturated heterocycles. The van der Waals surface area contributed by atoms with Crippen molar-refractivity contribution < 1.29 is 14.3 Å². The number of amides is 2. The van der Waals surface area contributed by atoms with Crippen LogP contribution in [0.3, 0.4) is 0 Å². The quantitative estimate of drug-likeness (QED) is 0.647. The van der Waals surface area contributed by atoms with Crippen LogP contribution in [-0.2, 0) is 9.59 Å². The molecule has 0 aliphatic heterocycles. The SMILES string of the molecule is COc1ccc(C)cc1NC(=O)CNC(=O)CSc1nnnn1C1CCCC1. The van der Waals surface area contributed by atoms with E-state index in [0.717, 1.165) is 18.4 Å². The summed E-state index contributed by atoms with van der Waals surface area (Å²) in [4.78, 5) is 24.2. The van der Waals surface area contributed by atoms with Gasteiger partial charge in [-0.2, -0.15) is 0 Å². The molecule has 10 heteroatoms. The van der Waals surface area contributed by atoms with E-state index in [1.807, 2.05) is 23.7 Å². The van der Waals surface area contributed by atoms with Crippen LogP contribution in [0.4, 0.5) is 5.69 Å². The van der Waals surface area contributed by atoms with Crippen molar-refractivity contribution in [3.05, 3.63) is 23.8 Å². The molecular weight excluding hydrogens is 380 g/mol. The predicted octanol–water partition coefficient (Wildman–Crippen LogP) is 1.95. The van der Waals surface area contributed by atoms with E-state index in [1.54, 1.807) is 13.2 Å². The van der Waals surface area contributed by atoms with E-state index in [9.17, 15) is 9.59 Å². The summed E-state index contributed by atoms with van der Waals surface area (Å²) in [5, 5.41) is 17.8. The topological polar surface area (TPSA) is 111 Å². The molecule has 1 aromatic heterocycles. The van der Waals surface area contributed by atoms with Crippen LogP contribution in [0.1, 0.15) is 37.3 Å². The minimum atomic E-state index is -0.321. The fourth-order valence-electron chi connectivity index (χ4n) is 3.13. The standard InChI is InChI=1S/C18H24N6O3S/c1-12-7-8-15(27-2)14(9-12)20-16(25)10-19-17(26)11-28-18-21-22-23-24(18)13-5-3-4-6-13/h7-9,13H,3-6,10-11H2,1-2H3,(H,19,26)(H,20,25). The molecule has 0 bridgehead atoms. The Morgan fingerprint density at radius 3 is 2.82 bits per heavy atom. The molecule has 2 aromatic rings. The Morgan fingerprint density at radius 2 is 2.07 bits per heavy atom. The minimum absolute atomic E-state index is 0.121. The first-order chi connectivity index (χ1) is 13.6. The van der Waals surface area contributed by atoms with Crippen molar-refractivity contribution >= 4 is 29.3 Å². The lowest BCUT2D eigenvalue weighted by Gasteiger charge is -2.12. The highest BCUT2D eigenvalue weighted by atomic mass is 32.2. The molecule has 1 aliphatic rings. The third-order valence-corrected chi connectivity index (χ3v) is 5.47. The number of anilines is 1. The smallest absolute Gasteiger partial charge is 0.243 e. The van der Waals surface area contributed by atoms with E-state index in [1.165, 1.54) is 24.6 Å². The van der Waals surface area contributed by atoms with Gasteiger partial charge >= 0.3 is 0 Å². The van der Waals surface area contributed by atoms with Crippen molar-refractivity contribution in [3.63, 3.8) is 0 Å². The molecule has 0 spiro atoms. The van der Waals surface area contributed by atoms with Gasteiger partial charge in [0.1, 0.15) is 5.75 Å². The van der Waals surface area contributed by atoms with Gasteiger partial charge in [0.15, 0.2) is 0 Å². The molecule has 1 fully saturated rings. The van der Waals surface area contributed by atoms with Gasteiger partial charge in [0, 0.05) is 0 Å². The average molecular weight is 404 g/mol. The Hall–Kier alpha value is -2.62. The molecule has 0 atom stereocenters. The molecule has 150 valence electrons. The maximum atomic E-state index is 12.1. The van der Waals surface area contributed by atoms with Crippen molar-refractivity contribution in [1.29, 1.82) is 0 Å². The van der Waals surface area contributed by atoms with Crippen molar-refractivity contribution in [1.82, 2.24) is 25.5 Å². The predicted molar refractivity (Wildman–Crippen MR) is 105 cm³/mol. The van der Waals surface area contributed by atoms with Gasteiger partial charge in [0.05, 0.1) is 31.1 Å². The number of tetrazole rings is 1. The summed E-state index contributed by atoms with van der Waals surface area (Å²) in [5.74, 6) is 0.142. The lowest BCUT2D eigenvalue weighted by Crippen LogP contribution is -2.34. The number of aryl methyl sites for hydroxylation is 1. The van der Waals surface area contributed by atoms with E-state index < -0.39 is 0 Å². The second-order valence-corrected chi connectivity index (χ2v) is 7.60. The monoisotopic (exact) mass is 404 g/mol. The summed E-state index contributed by atoms with van der Waals surface area (Å²) in [5.41, 5.74) is 1.57. The number of nitrogens with zero attached hydrogens (tertiary/aromatic N) is 4. The van der Waals surface area contributed by atoms with E-state index in [0.29, 0.717) is 22.6 Å². The summed E-state index contributed by atoms with van der Waals surface area (Å²) < 4.78 is 7.04. The van der Waals surface area contributed by atoms with Gasteiger partial charge in [0.25, 0.3) is 0 Å². The van der Waals surface area contributed by atoms with Gasteiger partial charge < -0.3 is 15.4 Å². The molecular formula is C18H24N6O3S. The van der Waals surface area contributed by atoms with Crippen LogP contribution in [0.15, 0.2) is 23.4 Å². The number of nitrogens with one attached hydrogen (secondary N) is 2. The van der Waals surface area contributed by atoms with Crippen molar-refractivity contribution in [2.24, 2.45) is 0 Å². The Balaban J connectivity index is 1.45. The number of ether oxygens (including phenoxy) is 1. The molecule has 2 N–H and O–H groups in total. The van der Waals surface area contributed by atoms with Crippen LogP contribution in [0.5, 0.6) is 5.75 Å². The second-order valence-electron chi connectivity index (χ2n) is 6.66. The number of carbonyl (C=O) groups excluding carboxylic acids is 2. The molecule has 1 aliphatic carbocycles. The highest BCUT2D eigenvalue weighted by Gasteiger charge is 2.22. The Morgan fingerprint density at radius 1 is 1.29 bits per heavy atom. The second kappa shape index (κ2) is 9.54. The number of rotatable bonds is 8. The fraction of sp³-hybridized carbons (Fsp3) is 0.500. The van der Waals surface area contributed by atoms with Crippen LogP contribution in [0.2, 0.25) is 0 Å². The summed E-state index contributed by atoms with van der Waals surface area (Å²) in [6, 6.07) is 5.81. The lowest BCUT2D eigenvalue weighted by atomic mass is 10.2. The Kier molecular flexibility index (Phi) is 6.85. The molecule has 0 unspecified atom stereocenters. The van der Waals surface area contributed by atoms with Gasteiger partial charge in [-0.15, -0.1) is 5.10 Å². The van der Waals surface area contributed by atoms with E-state index in [4.69, 9.17) is 4.74 Å². The normalized spacial score (nSPS) is 14.1. The number of methoxy groups -OCH3 is 1. The zero-order valence-electron chi connectivity index (χ0n) is 16.0. The molecule has 28 heavy (non-hydrogen) atoms. The number of hydrogen-bond acceptors (Lipinski definition) is 7. The first kappa shape index (κ1) is 20.1. The van der Waals surface area contributed by atoms with Crippen molar-refractivity contribution in [3.8, 4) is 5.75 Å². The molecule has 1 saturated carbocycles. The highest BCUT2D eigenvalue weighted by Crippen LogP contribution is 2.31. The molecule has 2 amide bonds. The van der Waals surface area contributed by atoms with Crippen LogP contribution in [0.25, 0.3) is 0 Å². The fourth-order valence-corrected chi connectivity index (χ4v) is 3.91. The number of carbonyl (C=O) groups is 2. The van der Waals surface area contributed by atoms with Gasteiger partial charge in [-0.3, -0.25) is 9.59 Å². The van der Waals surface area contributed by atoms with Crippen molar-refractivity contribution in [2.75, 3.05) is 24.7 Å². The highest BCUT2D eigenvalue weighted by molar-refractivity contribution is 7.99. The first-order valence-electron chi connectivity index (χ1n) is 9.18. The van der Waals surface area contributed by atoms with Gasteiger partial charge in [-0.05, 0) is 47.9 Å². The number of hydrogen-bond donors (Lipinski definition) is 2. The molecule has 3 rings (SSSR count). The summed E-state index contributed by atoms with van der Waals surface area (Å²) in [7, 11) is 1.54. The molecule has 0 radical (unpaired) electrons. The van der Waals surface area contributed by atoms with E-state index in [-0.39, 0.29) is 24.1 Å². The maximum Gasteiger partial charge on any atom is 0.243 e. The zero-order chi connectivity index (χ0) is 19.9. The Bertz CT molecular complexity index is 834. The van der Waals surface area contributed by atoms with Gasteiger partial charge in [-0.25, -0.2) is 4.68 Å². The third-order valence-electron chi connectivity index (χ3n) is 4.54. The average Bonchev–Trinajstić information content (AvgIpc) is 3.36. The largest absolute Gasteiger partial charge is 0.495 e. The molecule has 1 heterocycles. The van der Waals surface area contributed by atoms with Crippen LogP contribution in [0, 0.1) is 6.92 Å². The number of thioether (sulfide) groups is 1. The van der Waals surface area contributed by atoms with E-state index in [2.05, 4.69) is 26.2 Å². The summed E-state index contributed by atoms with van der Waals surface area (Å²) >= 11 is 1.28. The van der Waals surface area contributed by atoms with Crippen LogP contribution < -0.4 is 15.4 Å².